The Morgan fingerprint density at radius 1 is 1.39 bits per heavy atom. The zero-order valence-corrected chi connectivity index (χ0v) is 11.0. The van der Waals surface area contributed by atoms with Gasteiger partial charge in [0, 0.05) is 10.9 Å². The summed E-state index contributed by atoms with van der Waals surface area (Å²) in [5.74, 6) is 1.38. The monoisotopic (exact) mass is 260 g/mol. The lowest BCUT2D eigenvalue weighted by Gasteiger charge is -2.09. The third-order valence-electron chi connectivity index (χ3n) is 2.33. The first kappa shape index (κ1) is 12.4. The van der Waals surface area contributed by atoms with Crippen LogP contribution in [-0.4, -0.2) is 18.7 Å². The lowest BCUT2D eigenvalue weighted by atomic mass is 10.2. The molecule has 1 aromatic heterocycles. The normalized spacial score (nSPS) is 9.83. The topological polar surface area (TPSA) is 55.1 Å². The Balaban J connectivity index is 2.38. The summed E-state index contributed by atoms with van der Waals surface area (Å²) in [6.07, 6.45) is 0. The van der Waals surface area contributed by atoms with Crippen LogP contribution in [0.5, 0.6) is 11.5 Å². The quantitative estimate of drug-likeness (QED) is 0.847. The minimum Gasteiger partial charge on any atom is -0.493 e. The van der Waals surface area contributed by atoms with Gasteiger partial charge in [0.2, 0.25) is 0 Å². The van der Waals surface area contributed by atoms with Gasteiger partial charge in [-0.05, 0) is 25.1 Å². The van der Waals surface area contributed by atoms with Gasteiger partial charge in [-0.3, -0.25) is 0 Å². The number of nitriles is 1. The fraction of sp³-hybridized carbons (Fsp3) is 0.231. The SMILES string of the molecule is CCOc1ccc(-c2nc(C#N)cs2)cc1OC. The maximum atomic E-state index is 8.76. The van der Waals surface area contributed by atoms with Crippen molar-refractivity contribution in [3.8, 4) is 28.1 Å². The van der Waals surface area contributed by atoms with Gasteiger partial charge >= 0.3 is 0 Å². The van der Waals surface area contributed by atoms with Crippen LogP contribution in [0.15, 0.2) is 23.6 Å². The molecule has 0 aliphatic heterocycles. The minimum atomic E-state index is 0.433. The summed E-state index contributed by atoms with van der Waals surface area (Å²) < 4.78 is 10.7. The summed E-state index contributed by atoms with van der Waals surface area (Å²) in [6, 6.07) is 7.65. The van der Waals surface area contributed by atoms with Crippen molar-refractivity contribution in [3.05, 3.63) is 29.3 Å². The number of rotatable bonds is 4. The zero-order chi connectivity index (χ0) is 13.0. The molecule has 4 nitrogen and oxygen atoms in total. The van der Waals surface area contributed by atoms with Crippen LogP contribution in [0.3, 0.4) is 0 Å². The standard InChI is InChI=1S/C13H12N2O2S/c1-3-17-11-5-4-9(6-12(11)16-2)13-15-10(7-14)8-18-13/h4-6,8H,3H2,1-2H3. The van der Waals surface area contributed by atoms with Crippen molar-refractivity contribution in [3.63, 3.8) is 0 Å². The second kappa shape index (κ2) is 5.52. The summed E-state index contributed by atoms with van der Waals surface area (Å²) in [6.45, 7) is 2.51. The van der Waals surface area contributed by atoms with E-state index in [0.717, 1.165) is 10.6 Å². The zero-order valence-electron chi connectivity index (χ0n) is 10.1. The van der Waals surface area contributed by atoms with E-state index >= 15 is 0 Å². The summed E-state index contributed by atoms with van der Waals surface area (Å²) in [5, 5.41) is 11.3. The highest BCUT2D eigenvalue weighted by Gasteiger charge is 2.09. The Labute approximate surface area is 109 Å². The lowest BCUT2D eigenvalue weighted by molar-refractivity contribution is 0.311. The van der Waals surface area contributed by atoms with Gasteiger partial charge in [-0.2, -0.15) is 5.26 Å². The van der Waals surface area contributed by atoms with E-state index in [0.29, 0.717) is 23.8 Å². The molecular weight excluding hydrogens is 248 g/mol. The van der Waals surface area contributed by atoms with Gasteiger partial charge in [-0.1, -0.05) is 0 Å². The van der Waals surface area contributed by atoms with Crippen molar-refractivity contribution in [1.82, 2.24) is 4.98 Å². The van der Waals surface area contributed by atoms with Crippen LogP contribution in [0.25, 0.3) is 10.6 Å². The first-order valence-corrected chi connectivity index (χ1v) is 6.33. The minimum absolute atomic E-state index is 0.433. The van der Waals surface area contributed by atoms with Crippen molar-refractivity contribution < 1.29 is 9.47 Å². The van der Waals surface area contributed by atoms with Crippen LogP contribution in [0.2, 0.25) is 0 Å². The molecule has 18 heavy (non-hydrogen) atoms. The molecule has 2 aromatic rings. The highest BCUT2D eigenvalue weighted by molar-refractivity contribution is 7.13. The maximum absolute atomic E-state index is 8.76. The molecule has 0 unspecified atom stereocenters. The first-order valence-electron chi connectivity index (χ1n) is 5.45. The van der Waals surface area contributed by atoms with Crippen LogP contribution in [-0.2, 0) is 0 Å². The van der Waals surface area contributed by atoms with Crippen LogP contribution >= 0.6 is 11.3 Å². The van der Waals surface area contributed by atoms with E-state index in [1.807, 2.05) is 31.2 Å². The van der Waals surface area contributed by atoms with E-state index < -0.39 is 0 Å². The molecule has 0 spiro atoms. The van der Waals surface area contributed by atoms with Crippen molar-refractivity contribution in [2.24, 2.45) is 0 Å². The third-order valence-corrected chi connectivity index (χ3v) is 3.22. The van der Waals surface area contributed by atoms with E-state index in [1.165, 1.54) is 11.3 Å². The molecule has 0 radical (unpaired) electrons. The number of benzene rings is 1. The van der Waals surface area contributed by atoms with Gasteiger partial charge in [0.1, 0.15) is 11.1 Å². The molecule has 92 valence electrons. The van der Waals surface area contributed by atoms with Gasteiger partial charge in [0.15, 0.2) is 17.2 Å². The molecule has 0 saturated heterocycles. The molecular formula is C13H12N2O2S. The third kappa shape index (κ3) is 2.44. The molecule has 0 aliphatic rings. The molecule has 0 saturated carbocycles. The number of methoxy groups -OCH3 is 1. The second-order valence-electron chi connectivity index (χ2n) is 3.45. The van der Waals surface area contributed by atoms with Gasteiger partial charge < -0.3 is 9.47 Å². The Kier molecular flexibility index (Phi) is 3.80. The number of ether oxygens (including phenoxy) is 2. The van der Waals surface area contributed by atoms with Crippen molar-refractivity contribution in [2.45, 2.75) is 6.92 Å². The van der Waals surface area contributed by atoms with Crippen LogP contribution in [0, 0.1) is 11.3 Å². The fourth-order valence-corrected chi connectivity index (χ4v) is 2.28. The van der Waals surface area contributed by atoms with E-state index in [2.05, 4.69) is 4.98 Å². The van der Waals surface area contributed by atoms with Crippen LogP contribution < -0.4 is 9.47 Å². The lowest BCUT2D eigenvalue weighted by Crippen LogP contribution is -1.95. The molecule has 1 aromatic carbocycles. The fourth-order valence-electron chi connectivity index (χ4n) is 1.53. The molecule has 1 heterocycles. The molecule has 0 amide bonds. The number of aromatic nitrogens is 1. The molecule has 0 N–H and O–H groups in total. The van der Waals surface area contributed by atoms with Gasteiger partial charge in [-0.15, -0.1) is 11.3 Å². The van der Waals surface area contributed by atoms with Crippen molar-refractivity contribution >= 4 is 11.3 Å². The van der Waals surface area contributed by atoms with Crippen molar-refractivity contribution in [2.75, 3.05) is 13.7 Å². The Morgan fingerprint density at radius 3 is 2.83 bits per heavy atom. The Morgan fingerprint density at radius 2 is 2.22 bits per heavy atom. The molecule has 0 fully saturated rings. The van der Waals surface area contributed by atoms with Crippen LogP contribution in [0.4, 0.5) is 0 Å². The summed E-state index contributed by atoms with van der Waals surface area (Å²) in [7, 11) is 1.60. The average molecular weight is 260 g/mol. The Bertz CT molecular complexity index is 587. The number of hydrogen-bond acceptors (Lipinski definition) is 5. The van der Waals surface area contributed by atoms with E-state index in [1.54, 1.807) is 12.5 Å². The molecule has 0 atom stereocenters. The first-order chi connectivity index (χ1) is 8.78. The van der Waals surface area contributed by atoms with Gasteiger partial charge in [0.25, 0.3) is 0 Å². The highest BCUT2D eigenvalue weighted by Crippen LogP contribution is 2.33. The van der Waals surface area contributed by atoms with E-state index in [4.69, 9.17) is 14.7 Å². The molecule has 5 heteroatoms. The largest absolute Gasteiger partial charge is 0.493 e. The van der Waals surface area contributed by atoms with E-state index in [-0.39, 0.29) is 0 Å². The van der Waals surface area contributed by atoms with Crippen molar-refractivity contribution in [1.29, 1.82) is 5.26 Å². The maximum Gasteiger partial charge on any atom is 0.161 e. The number of thiazole rings is 1. The predicted octanol–water partition coefficient (Wildman–Crippen LogP) is 3.09. The highest BCUT2D eigenvalue weighted by atomic mass is 32.1. The number of hydrogen-bond donors (Lipinski definition) is 0. The Hall–Kier alpha value is -2.06. The average Bonchev–Trinajstić information content (AvgIpc) is 2.88. The number of nitrogens with zero attached hydrogens (tertiary/aromatic N) is 2. The van der Waals surface area contributed by atoms with Crippen LogP contribution in [0.1, 0.15) is 12.6 Å². The second-order valence-corrected chi connectivity index (χ2v) is 4.31. The predicted molar refractivity (Wildman–Crippen MR) is 70.0 cm³/mol. The summed E-state index contributed by atoms with van der Waals surface area (Å²) in [4.78, 5) is 4.21. The molecule has 2 rings (SSSR count). The summed E-state index contributed by atoms with van der Waals surface area (Å²) in [5.41, 5.74) is 1.35. The smallest absolute Gasteiger partial charge is 0.161 e. The molecule has 0 aliphatic carbocycles. The summed E-state index contributed by atoms with van der Waals surface area (Å²) >= 11 is 1.44. The van der Waals surface area contributed by atoms with E-state index in [9.17, 15) is 0 Å². The van der Waals surface area contributed by atoms with Gasteiger partial charge in [-0.25, -0.2) is 4.98 Å². The molecule has 0 bridgehead atoms. The van der Waals surface area contributed by atoms with Gasteiger partial charge in [0.05, 0.1) is 13.7 Å².